The third kappa shape index (κ3) is 3.13. The van der Waals surface area contributed by atoms with Crippen LogP contribution in [0.3, 0.4) is 0 Å². The molecule has 0 saturated carbocycles. The van der Waals surface area contributed by atoms with Gasteiger partial charge in [-0.3, -0.25) is 0 Å². The van der Waals surface area contributed by atoms with Crippen molar-refractivity contribution in [1.29, 1.82) is 0 Å². The largest absolute Gasteiger partial charge is 0.513 e. The molecular formula is C20H18O6. The molecule has 0 bridgehead atoms. The molecule has 0 aliphatic rings. The molecule has 3 aromatic carbocycles. The van der Waals surface area contributed by atoms with Gasteiger partial charge in [-0.05, 0) is 26.0 Å². The maximum Gasteiger partial charge on any atom is 0.513 e. The molecule has 26 heavy (non-hydrogen) atoms. The lowest BCUT2D eigenvalue weighted by Crippen LogP contribution is -2.10. The third-order valence-electron chi connectivity index (χ3n) is 4.03. The first-order chi connectivity index (χ1) is 12.4. The lowest BCUT2D eigenvalue weighted by Gasteiger charge is -2.16. The zero-order chi connectivity index (χ0) is 18.8. The summed E-state index contributed by atoms with van der Waals surface area (Å²) < 4.78 is 20.2. The second kappa shape index (κ2) is 6.92. The summed E-state index contributed by atoms with van der Waals surface area (Å²) >= 11 is 0. The summed E-state index contributed by atoms with van der Waals surface area (Å²) in [6.07, 6.45) is -1.65. The number of fused-ring (bicyclic) bond motifs is 2. The molecule has 0 aliphatic carbocycles. The van der Waals surface area contributed by atoms with Gasteiger partial charge in [0.15, 0.2) is 0 Å². The van der Waals surface area contributed by atoms with E-state index in [1.807, 2.05) is 50.2 Å². The molecule has 3 rings (SSSR count). The number of carbonyl (C=O) groups excluding carboxylic acids is 2. The van der Waals surface area contributed by atoms with Crippen LogP contribution in [0.2, 0.25) is 0 Å². The fourth-order valence-electron chi connectivity index (χ4n) is 2.85. The second-order valence-corrected chi connectivity index (χ2v) is 5.87. The molecule has 0 saturated heterocycles. The number of rotatable bonds is 2. The minimum absolute atomic E-state index is 0.350. The number of carbonyl (C=O) groups is 2. The van der Waals surface area contributed by atoms with Gasteiger partial charge in [0.05, 0.1) is 14.2 Å². The van der Waals surface area contributed by atoms with Crippen molar-refractivity contribution in [2.45, 2.75) is 13.8 Å². The number of hydrogen-bond acceptors (Lipinski definition) is 6. The van der Waals surface area contributed by atoms with Gasteiger partial charge in [-0.15, -0.1) is 0 Å². The summed E-state index contributed by atoms with van der Waals surface area (Å²) in [6.45, 7) is 3.84. The Morgan fingerprint density at radius 1 is 0.654 bits per heavy atom. The highest BCUT2D eigenvalue weighted by atomic mass is 16.7. The Bertz CT molecular complexity index is 938. The predicted octanol–water partition coefficient (Wildman–Crippen LogP) is 4.90. The maximum atomic E-state index is 11.8. The number of aryl methyl sites for hydroxylation is 2. The van der Waals surface area contributed by atoms with Crippen LogP contribution in [0.4, 0.5) is 9.59 Å². The molecule has 0 spiro atoms. The predicted molar refractivity (Wildman–Crippen MR) is 97.0 cm³/mol. The first-order valence-electron chi connectivity index (χ1n) is 7.93. The Balaban J connectivity index is 2.43. The summed E-state index contributed by atoms with van der Waals surface area (Å²) in [6, 6.07) is 11.1. The molecule has 0 aliphatic heterocycles. The van der Waals surface area contributed by atoms with Gasteiger partial charge in [0, 0.05) is 21.5 Å². The van der Waals surface area contributed by atoms with E-state index in [2.05, 4.69) is 9.47 Å². The Morgan fingerprint density at radius 3 is 1.38 bits per heavy atom. The lowest BCUT2D eigenvalue weighted by molar-refractivity contribution is 0.120. The van der Waals surface area contributed by atoms with Crippen LogP contribution in [0, 0.1) is 13.8 Å². The second-order valence-electron chi connectivity index (χ2n) is 5.87. The summed E-state index contributed by atoms with van der Waals surface area (Å²) in [4.78, 5) is 23.6. The summed E-state index contributed by atoms with van der Waals surface area (Å²) in [5, 5.41) is 2.51. The lowest BCUT2D eigenvalue weighted by atomic mass is 9.98. The topological polar surface area (TPSA) is 71.1 Å². The first-order valence-corrected chi connectivity index (χ1v) is 7.93. The Kier molecular flexibility index (Phi) is 4.67. The van der Waals surface area contributed by atoms with Gasteiger partial charge in [0.1, 0.15) is 11.5 Å². The van der Waals surface area contributed by atoms with Gasteiger partial charge < -0.3 is 18.9 Å². The van der Waals surface area contributed by atoms with Crippen molar-refractivity contribution in [2.24, 2.45) is 0 Å². The quantitative estimate of drug-likeness (QED) is 0.370. The molecule has 0 unspecified atom stereocenters. The number of ether oxygens (including phenoxy) is 4. The van der Waals surface area contributed by atoms with Gasteiger partial charge in [0.2, 0.25) is 0 Å². The third-order valence-corrected chi connectivity index (χ3v) is 4.03. The van der Waals surface area contributed by atoms with Gasteiger partial charge in [-0.1, -0.05) is 35.4 Å². The fourth-order valence-corrected chi connectivity index (χ4v) is 2.85. The van der Waals surface area contributed by atoms with Crippen LogP contribution in [-0.2, 0) is 9.47 Å². The van der Waals surface area contributed by atoms with Crippen LogP contribution in [-0.4, -0.2) is 26.5 Å². The molecule has 3 aromatic rings. The van der Waals surface area contributed by atoms with E-state index in [0.717, 1.165) is 11.1 Å². The first kappa shape index (κ1) is 17.5. The number of hydrogen-bond donors (Lipinski definition) is 0. The fraction of sp³-hybridized carbons (Fsp3) is 0.200. The van der Waals surface area contributed by atoms with E-state index in [4.69, 9.17) is 9.47 Å². The van der Waals surface area contributed by atoms with Gasteiger partial charge in [-0.2, -0.15) is 0 Å². The van der Waals surface area contributed by atoms with Crippen molar-refractivity contribution < 1.29 is 28.5 Å². The minimum atomic E-state index is -0.823. The molecule has 0 radical (unpaired) electrons. The van der Waals surface area contributed by atoms with Crippen LogP contribution in [0.25, 0.3) is 21.5 Å². The average Bonchev–Trinajstić information content (AvgIpc) is 2.63. The Morgan fingerprint density at radius 2 is 1.04 bits per heavy atom. The standard InChI is InChI=1S/C20H18O6/c1-11-5-7-13-15(9-11)17(25-19(21)23-3)14-8-6-12(2)10-16(14)18(13)26-20(22)24-4/h5-10H,1-4H3. The maximum absolute atomic E-state index is 11.8. The summed E-state index contributed by atoms with van der Waals surface area (Å²) in [5.41, 5.74) is 1.92. The molecular weight excluding hydrogens is 336 g/mol. The van der Waals surface area contributed by atoms with Gasteiger partial charge in [-0.25, -0.2) is 9.59 Å². The van der Waals surface area contributed by atoms with E-state index >= 15 is 0 Å². The Hall–Kier alpha value is -3.28. The van der Waals surface area contributed by atoms with E-state index in [1.54, 1.807) is 0 Å². The molecule has 0 heterocycles. The SMILES string of the molecule is COC(=O)Oc1c2ccc(C)cc2c(OC(=O)OC)c2ccc(C)cc12. The monoisotopic (exact) mass is 354 g/mol. The van der Waals surface area contributed by atoms with Crippen LogP contribution >= 0.6 is 0 Å². The summed E-state index contributed by atoms with van der Waals surface area (Å²) in [5.74, 6) is 0.700. The van der Waals surface area contributed by atoms with Crippen molar-refractivity contribution in [3.05, 3.63) is 47.5 Å². The zero-order valence-electron chi connectivity index (χ0n) is 14.9. The van der Waals surface area contributed by atoms with Crippen LogP contribution < -0.4 is 9.47 Å². The van der Waals surface area contributed by atoms with Crippen molar-refractivity contribution in [2.75, 3.05) is 14.2 Å². The minimum Gasteiger partial charge on any atom is -0.437 e. The van der Waals surface area contributed by atoms with E-state index in [0.29, 0.717) is 33.0 Å². The van der Waals surface area contributed by atoms with Crippen molar-refractivity contribution in [3.63, 3.8) is 0 Å². The zero-order valence-corrected chi connectivity index (χ0v) is 14.9. The molecule has 0 N–H and O–H groups in total. The molecule has 134 valence electrons. The van der Waals surface area contributed by atoms with E-state index in [1.165, 1.54) is 14.2 Å². The molecule has 0 aromatic heterocycles. The van der Waals surface area contributed by atoms with Crippen molar-refractivity contribution >= 4 is 33.9 Å². The molecule has 0 amide bonds. The van der Waals surface area contributed by atoms with Crippen LogP contribution in [0.15, 0.2) is 36.4 Å². The highest BCUT2D eigenvalue weighted by Gasteiger charge is 2.21. The van der Waals surface area contributed by atoms with Gasteiger partial charge >= 0.3 is 12.3 Å². The smallest absolute Gasteiger partial charge is 0.437 e. The van der Waals surface area contributed by atoms with E-state index in [9.17, 15) is 9.59 Å². The average molecular weight is 354 g/mol. The van der Waals surface area contributed by atoms with Gasteiger partial charge in [0.25, 0.3) is 0 Å². The van der Waals surface area contributed by atoms with E-state index in [-0.39, 0.29) is 0 Å². The van der Waals surface area contributed by atoms with Crippen LogP contribution in [0.1, 0.15) is 11.1 Å². The number of methoxy groups -OCH3 is 2. The number of benzene rings is 3. The molecule has 0 atom stereocenters. The molecule has 0 fully saturated rings. The summed E-state index contributed by atoms with van der Waals surface area (Å²) in [7, 11) is 2.49. The van der Waals surface area contributed by atoms with Crippen molar-refractivity contribution in [3.8, 4) is 11.5 Å². The van der Waals surface area contributed by atoms with Crippen LogP contribution in [0.5, 0.6) is 11.5 Å². The highest BCUT2D eigenvalue weighted by Crippen LogP contribution is 2.43. The Labute approximate surface area is 150 Å². The molecule has 6 nitrogen and oxygen atoms in total. The molecule has 6 heteroatoms. The normalized spacial score (nSPS) is 10.6. The van der Waals surface area contributed by atoms with Crippen molar-refractivity contribution in [1.82, 2.24) is 0 Å². The van der Waals surface area contributed by atoms with E-state index < -0.39 is 12.3 Å². The highest BCUT2D eigenvalue weighted by molar-refractivity contribution is 6.12.